The molecule has 0 aliphatic carbocycles. The van der Waals surface area contributed by atoms with E-state index in [-0.39, 0.29) is 11.9 Å². The third-order valence-corrected chi connectivity index (χ3v) is 4.96. The molecule has 3 atom stereocenters. The molecule has 5 heteroatoms. The number of carbonyl (C=O) groups is 1. The third-order valence-electron chi connectivity index (χ3n) is 4.03. The molecule has 3 unspecified atom stereocenters. The standard InChI is InChI=1S/C15H20BrClN2O/c1-9-4-5-10(2)19(9)11(3)15(20)18-14-8-12(17)6-7-13(14)16/h6-11H,4-5H2,1-3H3,(H,18,20). The molecular formula is C15H20BrClN2O. The van der Waals surface area contributed by atoms with Gasteiger partial charge in [-0.15, -0.1) is 0 Å². The maximum Gasteiger partial charge on any atom is 0.241 e. The summed E-state index contributed by atoms with van der Waals surface area (Å²) in [6, 6.07) is 6.14. The van der Waals surface area contributed by atoms with Gasteiger partial charge in [0.05, 0.1) is 11.7 Å². The Kier molecular flexibility index (Phi) is 5.10. The first kappa shape index (κ1) is 15.8. The van der Waals surface area contributed by atoms with E-state index in [1.54, 1.807) is 12.1 Å². The number of hydrogen-bond acceptors (Lipinski definition) is 2. The van der Waals surface area contributed by atoms with Crippen molar-refractivity contribution in [2.45, 2.75) is 51.7 Å². The molecule has 1 N–H and O–H groups in total. The fourth-order valence-electron chi connectivity index (χ4n) is 2.94. The van der Waals surface area contributed by atoms with E-state index in [9.17, 15) is 4.79 Å². The predicted octanol–water partition coefficient (Wildman–Crippen LogP) is 4.30. The van der Waals surface area contributed by atoms with Gasteiger partial charge in [-0.3, -0.25) is 9.69 Å². The highest BCUT2D eigenvalue weighted by molar-refractivity contribution is 9.10. The first-order chi connectivity index (χ1) is 9.40. The van der Waals surface area contributed by atoms with E-state index < -0.39 is 0 Å². The molecule has 1 amide bonds. The highest BCUT2D eigenvalue weighted by Gasteiger charge is 2.34. The number of nitrogens with zero attached hydrogens (tertiary/aromatic N) is 1. The Hall–Kier alpha value is -0.580. The smallest absolute Gasteiger partial charge is 0.241 e. The SMILES string of the molecule is CC1CCC(C)N1C(C)C(=O)Nc1cc(Cl)ccc1Br. The molecule has 1 fully saturated rings. The zero-order valence-corrected chi connectivity index (χ0v) is 14.3. The highest BCUT2D eigenvalue weighted by atomic mass is 79.9. The first-order valence-corrected chi connectivity index (χ1v) is 8.10. The summed E-state index contributed by atoms with van der Waals surface area (Å²) in [6.45, 7) is 6.33. The molecule has 1 aliphatic rings. The van der Waals surface area contributed by atoms with Crippen molar-refractivity contribution in [3.8, 4) is 0 Å². The summed E-state index contributed by atoms with van der Waals surface area (Å²) >= 11 is 9.40. The van der Waals surface area contributed by atoms with Gasteiger partial charge in [0.2, 0.25) is 5.91 Å². The minimum absolute atomic E-state index is 0.00793. The van der Waals surface area contributed by atoms with Crippen LogP contribution in [0.1, 0.15) is 33.6 Å². The molecule has 2 rings (SSSR count). The van der Waals surface area contributed by atoms with E-state index in [1.807, 2.05) is 13.0 Å². The van der Waals surface area contributed by atoms with Crippen molar-refractivity contribution in [3.63, 3.8) is 0 Å². The number of likely N-dealkylation sites (tertiary alicyclic amines) is 1. The van der Waals surface area contributed by atoms with Crippen LogP contribution < -0.4 is 5.32 Å². The summed E-state index contributed by atoms with van der Waals surface area (Å²) in [5.74, 6) is 0.00793. The van der Waals surface area contributed by atoms with Gasteiger partial charge in [-0.2, -0.15) is 0 Å². The molecule has 1 aromatic carbocycles. The van der Waals surface area contributed by atoms with Gasteiger partial charge in [-0.25, -0.2) is 0 Å². The maximum atomic E-state index is 12.4. The van der Waals surface area contributed by atoms with Crippen LogP contribution in [-0.4, -0.2) is 28.9 Å². The summed E-state index contributed by atoms with van der Waals surface area (Å²) in [4.78, 5) is 14.7. The van der Waals surface area contributed by atoms with E-state index in [2.05, 4.69) is 40.0 Å². The van der Waals surface area contributed by atoms with Crippen molar-refractivity contribution in [3.05, 3.63) is 27.7 Å². The van der Waals surface area contributed by atoms with E-state index in [0.717, 1.165) is 17.3 Å². The average Bonchev–Trinajstić information content (AvgIpc) is 2.72. The van der Waals surface area contributed by atoms with Gasteiger partial charge in [-0.1, -0.05) is 11.6 Å². The average molecular weight is 360 g/mol. The van der Waals surface area contributed by atoms with Gasteiger partial charge in [0.15, 0.2) is 0 Å². The second kappa shape index (κ2) is 6.46. The van der Waals surface area contributed by atoms with Gasteiger partial charge in [-0.05, 0) is 67.7 Å². The van der Waals surface area contributed by atoms with Crippen molar-refractivity contribution in [1.82, 2.24) is 4.90 Å². The Bertz CT molecular complexity index is 499. The normalized spacial score (nSPS) is 24.6. The Morgan fingerprint density at radius 2 is 2.00 bits per heavy atom. The van der Waals surface area contributed by atoms with Crippen LogP contribution in [0.25, 0.3) is 0 Å². The Morgan fingerprint density at radius 1 is 1.40 bits per heavy atom. The zero-order valence-electron chi connectivity index (χ0n) is 12.0. The van der Waals surface area contributed by atoms with Gasteiger partial charge in [0.25, 0.3) is 0 Å². The van der Waals surface area contributed by atoms with Crippen molar-refractivity contribution in [2.24, 2.45) is 0 Å². The number of amides is 1. The number of rotatable bonds is 3. The largest absolute Gasteiger partial charge is 0.324 e. The number of halogens is 2. The van der Waals surface area contributed by atoms with Crippen molar-refractivity contribution in [1.29, 1.82) is 0 Å². The lowest BCUT2D eigenvalue weighted by Gasteiger charge is -2.31. The molecular weight excluding hydrogens is 340 g/mol. The lowest BCUT2D eigenvalue weighted by molar-refractivity contribution is -0.121. The van der Waals surface area contributed by atoms with Gasteiger partial charge < -0.3 is 5.32 Å². The monoisotopic (exact) mass is 358 g/mol. The topological polar surface area (TPSA) is 32.3 Å². The molecule has 1 aromatic rings. The maximum absolute atomic E-state index is 12.4. The molecule has 0 bridgehead atoms. The first-order valence-electron chi connectivity index (χ1n) is 6.93. The lowest BCUT2D eigenvalue weighted by atomic mass is 10.2. The van der Waals surface area contributed by atoms with Crippen LogP contribution in [0.4, 0.5) is 5.69 Å². The molecule has 3 nitrogen and oxygen atoms in total. The fourth-order valence-corrected chi connectivity index (χ4v) is 3.46. The van der Waals surface area contributed by atoms with Crippen molar-refractivity contribution < 1.29 is 4.79 Å². The second-order valence-corrected chi connectivity index (χ2v) is 6.80. The molecule has 110 valence electrons. The Balaban J connectivity index is 2.09. The fraction of sp³-hybridized carbons (Fsp3) is 0.533. The molecule has 1 saturated heterocycles. The van der Waals surface area contributed by atoms with Crippen molar-refractivity contribution in [2.75, 3.05) is 5.32 Å². The molecule has 1 aliphatic heterocycles. The van der Waals surface area contributed by atoms with Crippen LogP contribution in [0.5, 0.6) is 0 Å². The van der Waals surface area contributed by atoms with Crippen LogP contribution >= 0.6 is 27.5 Å². The second-order valence-electron chi connectivity index (χ2n) is 5.51. The summed E-state index contributed by atoms with van der Waals surface area (Å²) in [6.07, 6.45) is 2.30. The predicted molar refractivity (Wildman–Crippen MR) is 87.2 cm³/mol. The number of anilines is 1. The van der Waals surface area contributed by atoms with E-state index in [0.29, 0.717) is 22.8 Å². The minimum Gasteiger partial charge on any atom is -0.324 e. The molecule has 0 spiro atoms. The highest BCUT2D eigenvalue weighted by Crippen LogP contribution is 2.29. The van der Waals surface area contributed by atoms with Gasteiger partial charge >= 0.3 is 0 Å². The third kappa shape index (κ3) is 3.35. The van der Waals surface area contributed by atoms with Crippen LogP contribution in [0.2, 0.25) is 5.02 Å². The van der Waals surface area contributed by atoms with Gasteiger partial charge in [0.1, 0.15) is 0 Å². The lowest BCUT2D eigenvalue weighted by Crippen LogP contribution is -2.46. The van der Waals surface area contributed by atoms with Crippen LogP contribution in [-0.2, 0) is 4.79 Å². The van der Waals surface area contributed by atoms with E-state index >= 15 is 0 Å². The molecule has 1 heterocycles. The molecule has 20 heavy (non-hydrogen) atoms. The van der Waals surface area contributed by atoms with Gasteiger partial charge in [0, 0.05) is 21.6 Å². The number of nitrogens with one attached hydrogen (secondary N) is 1. The van der Waals surface area contributed by atoms with E-state index in [4.69, 9.17) is 11.6 Å². The number of benzene rings is 1. The molecule has 0 radical (unpaired) electrons. The zero-order chi connectivity index (χ0) is 14.9. The van der Waals surface area contributed by atoms with Crippen LogP contribution in [0, 0.1) is 0 Å². The number of hydrogen-bond donors (Lipinski definition) is 1. The minimum atomic E-state index is -0.145. The molecule has 0 aromatic heterocycles. The summed E-state index contributed by atoms with van der Waals surface area (Å²) in [7, 11) is 0. The Morgan fingerprint density at radius 3 is 2.60 bits per heavy atom. The molecule has 0 saturated carbocycles. The van der Waals surface area contributed by atoms with Crippen LogP contribution in [0.15, 0.2) is 22.7 Å². The van der Waals surface area contributed by atoms with E-state index in [1.165, 1.54) is 0 Å². The summed E-state index contributed by atoms with van der Waals surface area (Å²) in [5, 5.41) is 3.57. The quantitative estimate of drug-likeness (QED) is 0.872. The summed E-state index contributed by atoms with van der Waals surface area (Å²) in [5.41, 5.74) is 0.717. The van der Waals surface area contributed by atoms with Crippen LogP contribution in [0.3, 0.4) is 0 Å². The van der Waals surface area contributed by atoms with Crippen molar-refractivity contribution >= 4 is 39.1 Å². The number of carbonyl (C=O) groups excluding carboxylic acids is 1. The Labute approximate surface area is 133 Å². The summed E-state index contributed by atoms with van der Waals surface area (Å²) < 4.78 is 0.838.